The zero-order valence-corrected chi connectivity index (χ0v) is 14.5. The summed E-state index contributed by atoms with van der Waals surface area (Å²) in [6.07, 6.45) is -6.86. The fraction of sp³-hybridized carbons (Fsp3) is 0.211. The van der Waals surface area contributed by atoms with Crippen LogP contribution in [0.25, 0.3) is 0 Å². The largest absolute Gasteiger partial charge is 0.416 e. The summed E-state index contributed by atoms with van der Waals surface area (Å²) in [6.45, 7) is 1.44. The fourth-order valence-corrected chi connectivity index (χ4v) is 2.79. The minimum Gasteiger partial charge on any atom is -0.353 e. The lowest BCUT2D eigenvalue weighted by molar-refractivity contribution is -0.143. The van der Waals surface area contributed by atoms with E-state index in [1.165, 1.54) is 24.0 Å². The van der Waals surface area contributed by atoms with Gasteiger partial charge in [0.15, 0.2) is 0 Å². The van der Waals surface area contributed by atoms with Gasteiger partial charge >= 0.3 is 12.4 Å². The van der Waals surface area contributed by atoms with E-state index in [4.69, 9.17) is 0 Å². The van der Waals surface area contributed by atoms with Crippen LogP contribution in [0.4, 0.5) is 37.7 Å². The smallest absolute Gasteiger partial charge is 0.353 e. The first-order chi connectivity index (χ1) is 13.1. The minimum absolute atomic E-state index is 0.137. The molecule has 0 radical (unpaired) electrons. The molecule has 0 saturated carbocycles. The molecule has 0 fully saturated rings. The lowest BCUT2D eigenvalue weighted by Gasteiger charge is -2.20. The van der Waals surface area contributed by atoms with E-state index in [1.807, 2.05) is 18.2 Å². The van der Waals surface area contributed by atoms with Crippen LogP contribution in [0.5, 0.6) is 0 Å². The Labute approximate surface area is 156 Å². The predicted octanol–water partition coefficient (Wildman–Crippen LogP) is 6.27. The molecule has 0 bridgehead atoms. The number of para-hydroxylation sites is 1. The molecule has 2 aromatic carbocycles. The first kappa shape index (κ1) is 19.8. The van der Waals surface area contributed by atoms with Crippen molar-refractivity contribution in [1.29, 1.82) is 0 Å². The average molecular weight is 399 g/mol. The van der Waals surface area contributed by atoms with Gasteiger partial charge in [-0.1, -0.05) is 24.3 Å². The molecule has 1 N–H and O–H groups in total. The number of benzene rings is 2. The van der Waals surface area contributed by atoms with Gasteiger partial charge in [-0.15, -0.1) is 0 Å². The van der Waals surface area contributed by atoms with Crippen LogP contribution in [0.2, 0.25) is 0 Å². The highest BCUT2D eigenvalue weighted by Gasteiger charge is 2.39. The number of alkyl halides is 6. The Morgan fingerprint density at radius 1 is 0.893 bits per heavy atom. The summed E-state index contributed by atoms with van der Waals surface area (Å²) in [7, 11) is 0. The first-order valence-electron chi connectivity index (χ1n) is 8.20. The van der Waals surface area contributed by atoms with E-state index in [9.17, 15) is 26.3 Å². The van der Waals surface area contributed by atoms with E-state index in [1.54, 1.807) is 12.1 Å². The molecule has 28 heavy (non-hydrogen) atoms. The topological polar surface area (TPSA) is 29.9 Å². The zero-order valence-electron chi connectivity index (χ0n) is 14.5. The molecule has 1 unspecified atom stereocenters. The Morgan fingerprint density at radius 2 is 1.57 bits per heavy atom. The zero-order chi connectivity index (χ0) is 20.5. The molecule has 3 rings (SSSR count). The van der Waals surface area contributed by atoms with Crippen molar-refractivity contribution < 1.29 is 26.3 Å². The summed E-state index contributed by atoms with van der Waals surface area (Å²) in [4.78, 5) is 0. The van der Waals surface area contributed by atoms with Crippen molar-refractivity contribution in [3.05, 3.63) is 77.6 Å². The lowest BCUT2D eigenvalue weighted by Crippen LogP contribution is -2.17. The van der Waals surface area contributed by atoms with Crippen LogP contribution in [-0.4, -0.2) is 9.78 Å². The van der Waals surface area contributed by atoms with Crippen LogP contribution in [0.1, 0.15) is 29.7 Å². The summed E-state index contributed by atoms with van der Waals surface area (Å²) in [5.41, 5.74) is -1.67. The van der Waals surface area contributed by atoms with Gasteiger partial charge in [0.25, 0.3) is 0 Å². The Morgan fingerprint density at radius 3 is 2.18 bits per heavy atom. The van der Waals surface area contributed by atoms with Crippen LogP contribution in [0.15, 0.2) is 60.9 Å². The molecule has 1 heterocycles. The molecule has 1 atom stereocenters. The molecule has 0 saturated heterocycles. The third-order valence-corrected chi connectivity index (χ3v) is 4.20. The van der Waals surface area contributed by atoms with E-state index in [2.05, 4.69) is 10.4 Å². The Bertz CT molecular complexity index is 944. The fourth-order valence-electron chi connectivity index (χ4n) is 2.79. The maximum atomic E-state index is 13.4. The van der Waals surface area contributed by atoms with Gasteiger partial charge in [0.2, 0.25) is 0 Å². The van der Waals surface area contributed by atoms with Crippen molar-refractivity contribution in [3.63, 3.8) is 0 Å². The van der Waals surface area contributed by atoms with E-state index in [0.717, 1.165) is 11.8 Å². The second kappa shape index (κ2) is 7.21. The first-order valence-corrected chi connectivity index (χ1v) is 8.20. The maximum Gasteiger partial charge on any atom is 0.416 e. The van der Waals surface area contributed by atoms with Crippen LogP contribution in [0.3, 0.4) is 0 Å². The van der Waals surface area contributed by atoms with E-state index in [0.29, 0.717) is 11.8 Å². The molecule has 0 aliphatic heterocycles. The van der Waals surface area contributed by atoms with Gasteiger partial charge in [0.05, 0.1) is 29.1 Å². The Balaban J connectivity index is 1.93. The Hall–Kier alpha value is -2.97. The number of nitrogens with one attached hydrogen (secondary N) is 1. The van der Waals surface area contributed by atoms with Crippen molar-refractivity contribution in [3.8, 4) is 0 Å². The van der Waals surface area contributed by atoms with Gasteiger partial charge in [-0.3, -0.25) is 4.68 Å². The monoisotopic (exact) mass is 399 g/mol. The van der Waals surface area contributed by atoms with Gasteiger partial charge in [-0.2, -0.15) is 31.4 Å². The standard InChI is InChI=1S/C19H15F6N3/c1-12(28-11-15(10-26-28)27-14-5-3-2-4-6-14)16-8-7-13(18(20,21)22)9-17(16)19(23,24)25/h2-12,27H,1H3. The summed E-state index contributed by atoms with van der Waals surface area (Å²) in [5, 5.41) is 7.10. The number of hydrogen-bond acceptors (Lipinski definition) is 2. The van der Waals surface area contributed by atoms with Gasteiger partial charge in [-0.05, 0) is 36.8 Å². The summed E-state index contributed by atoms with van der Waals surface area (Å²) in [5.74, 6) is 0. The number of nitrogens with zero attached hydrogens (tertiary/aromatic N) is 2. The molecule has 0 amide bonds. The van der Waals surface area contributed by atoms with Crippen molar-refractivity contribution in [2.75, 3.05) is 5.32 Å². The highest BCUT2D eigenvalue weighted by atomic mass is 19.4. The van der Waals surface area contributed by atoms with E-state index in [-0.39, 0.29) is 11.6 Å². The van der Waals surface area contributed by atoms with Gasteiger partial charge < -0.3 is 5.32 Å². The normalized spacial score (nSPS) is 13.4. The number of halogens is 6. The molecular formula is C19H15F6N3. The highest BCUT2D eigenvalue weighted by Crippen LogP contribution is 2.39. The SMILES string of the molecule is CC(c1ccc(C(F)(F)F)cc1C(F)(F)F)n1cc(Nc2ccccc2)cn1. The summed E-state index contributed by atoms with van der Waals surface area (Å²) in [6, 6.07) is 9.77. The predicted molar refractivity (Wildman–Crippen MR) is 92.2 cm³/mol. The lowest BCUT2D eigenvalue weighted by atomic mass is 9.98. The third kappa shape index (κ3) is 4.29. The van der Waals surface area contributed by atoms with Crippen molar-refractivity contribution in [1.82, 2.24) is 9.78 Å². The molecule has 1 aromatic heterocycles. The number of hydrogen-bond donors (Lipinski definition) is 1. The molecule has 3 aromatic rings. The summed E-state index contributed by atoms with van der Waals surface area (Å²) < 4.78 is 79.9. The van der Waals surface area contributed by atoms with Crippen LogP contribution in [0, 0.1) is 0 Å². The molecule has 3 nitrogen and oxygen atoms in total. The molecule has 9 heteroatoms. The quantitative estimate of drug-likeness (QED) is 0.524. The van der Waals surface area contributed by atoms with Gasteiger partial charge in [0.1, 0.15) is 0 Å². The number of anilines is 2. The second-order valence-electron chi connectivity index (χ2n) is 6.17. The van der Waals surface area contributed by atoms with Crippen molar-refractivity contribution in [2.24, 2.45) is 0 Å². The Kier molecular flexibility index (Phi) is 5.10. The second-order valence-corrected chi connectivity index (χ2v) is 6.17. The van der Waals surface area contributed by atoms with Crippen molar-refractivity contribution in [2.45, 2.75) is 25.3 Å². The van der Waals surface area contributed by atoms with Crippen molar-refractivity contribution >= 4 is 11.4 Å². The number of rotatable bonds is 4. The van der Waals surface area contributed by atoms with E-state index < -0.39 is 29.5 Å². The maximum absolute atomic E-state index is 13.4. The number of aromatic nitrogens is 2. The van der Waals surface area contributed by atoms with Gasteiger partial charge in [-0.25, -0.2) is 0 Å². The van der Waals surface area contributed by atoms with Crippen LogP contribution < -0.4 is 5.32 Å². The average Bonchev–Trinajstić information content (AvgIpc) is 3.08. The van der Waals surface area contributed by atoms with E-state index >= 15 is 0 Å². The summed E-state index contributed by atoms with van der Waals surface area (Å²) >= 11 is 0. The molecular weight excluding hydrogens is 384 g/mol. The molecule has 148 valence electrons. The van der Waals surface area contributed by atoms with Crippen LogP contribution in [-0.2, 0) is 12.4 Å². The molecule has 0 aliphatic rings. The van der Waals surface area contributed by atoms with Crippen LogP contribution >= 0.6 is 0 Å². The molecule has 0 spiro atoms. The minimum atomic E-state index is -4.93. The molecule has 0 aliphatic carbocycles. The van der Waals surface area contributed by atoms with Gasteiger partial charge in [0, 0.05) is 11.9 Å². The third-order valence-electron chi connectivity index (χ3n) is 4.20. The highest BCUT2D eigenvalue weighted by molar-refractivity contribution is 5.57.